The van der Waals surface area contributed by atoms with E-state index in [1.54, 1.807) is 18.3 Å². The van der Waals surface area contributed by atoms with E-state index in [0.717, 1.165) is 30.5 Å². The summed E-state index contributed by atoms with van der Waals surface area (Å²) >= 11 is 3.25. The highest BCUT2D eigenvalue weighted by Gasteiger charge is 2.21. The van der Waals surface area contributed by atoms with Crippen LogP contribution in [-0.4, -0.2) is 34.9 Å². The van der Waals surface area contributed by atoms with Crippen molar-refractivity contribution in [2.75, 3.05) is 13.1 Å². The number of nitrogens with two attached hydrogens (primary N) is 1. The van der Waals surface area contributed by atoms with Crippen molar-refractivity contribution in [1.82, 2.24) is 9.88 Å². The number of hydrogen-bond acceptors (Lipinski definition) is 3. The predicted octanol–water partition coefficient (Wildman–Crippen LogP) is 1.41. The Morgan fingerprint density at radius 1 is 1.44 bits per heavy atom. The molecule has 1 amide bonds. The van der Waals surface area contributed by atoms with E-state index in [1.807, 2.05) is 4.90 Å². The number of rotatable bonds is 1. The number of halogens is 1. The van der Waals surface area contributed by atoms with E-state index in [2.05, 4.69) is 20.9 Å². The molecule has 0 aliphatic carbocycles. The molecule has 0 radical (unpaired) electrons. The molecule has 2 heterocycles. The van der Waals surface area contributed by atoms with Gasteiger partial charge in [-0.1, -0.05) is 0 Å². The lowest BCUT2D eigenvalue weighted by Gasteiger charge is -2.30. The van der Waals surface area contributed by atoms with Crippen molar-refractivity contribution in [3.63, 3.8) is 0 Å². The largest absolute Gasteiger partial charge is 0.338 e. The Hall–Kier alpha value is -0.940. The maximum Gasteiger partial charge on any atom is 0.255 e. The number of aromatic nitrogens is 1. The lowest BCUT2D eigenvalue weighted by molar-refractivity contribution is 0.0714. The second-order valence-corrected chi connectivity index (χ2v) is 4.81. The molecule has 4 nitrogen and oxygen atoms in total. The van der Waals surface area contributed by atoms with Gasteiger partial charge in [-0.15, -0.1) is 0 Å². The highest BCUT2D eigenvalue weighted by Crippen LogP contribution is 2.13. The highest BCUT2D eigenvalue weighted by molar-refractivity contribution is 9.10. The van der Waals surface area contributed by atoms with Crippen molar-refractivity contribution in [2.24, 2.45) is 5.73 Å². The zero-order chi connectivity index (χ0) is 11.5. The van der Waals surface area contributed by atoms with Crippen molar-refractivity contribution in [1.29, 1.82) is 0 Å². The predicted molar refractivity (Wildman–Crippen MR) is 65.0 cm³/mol. The summed E-state index contributed by atoms with van der Waals surface area (Å²) in [6.45, 7) is 1.49. The average Bonchev–Trinajstić information content (AvgIpc) is 2.30. The van der Waals surface area contributed by atoms with Crippen molar-refractivity contribution < 1.29 is 4.79 Å². The van der Waals surface area contributed by atoms with Gasteiger partial charge in [-0.25, -0.2) is 4.98 Å². The molecule has 0 unspecified atom stereocenters. The summed E-state index contributed by atoms with van der Waals surface area (Å²) in [5.41, 5.74) is 6.44. The fraction of sp³-hybridized carbons (Fsp3) is 0.455. The Balaban J connectivity index is 2.05. The van der Waals surface area contributed by atoms with Gasteiger partial charge < -0.3 is 10.6 Å². The summed E-state index contributed by atoms with van der Waals surface area (Å²) in [6, 6.07) is 3.81. The van der Waals surface area contributed by atoms with Crippen LogP contribution >= 0.6 is 15.9 Å². The highest BCUT2D eigenvalue weighted by atomic mass is 79.9. The molecule has 2 rings (SSSR count). The Morgan fingerprint density at radius 2 is 2.12 bits per heavy atom. The molecule has 1 fully saturated rings. The van der Waals surface area contributed by atoms with Gasteiger partial charge in [0.25, 0.3) is 5.91 Å². The van der Waals surface area contributed by atoms with Gasteiger partial charge in [0.05, 0.1) is 5.56 Å². The minimum Gasteiger partial charge on any atom is -0.338 e. The fourth-order valence-electron chi connectivity index (χ4n) is 1.79. The number of carbonyl (C=O) groups excluding carboxylic acids is 1. The van der Waals surface area contributed by atoms with Crippen LogP contribution in [0.2, 0.25) is 0 Å². The molecule has 1 aliphatic heterocycles. The molecule has 0 bridgehead atoms. The monoisotopic (exact) mass is 283 g/mol. The van der Waals surface area contributed by atoms with Gasteiger partial charge in [-0.05, 0) is 40.9 Å². The number of piperidine rings is 1. The lowest BCUT2D eigenvalue weighted by atomic mass is 10.1. The summed E-state index contributed by atoms with van der Waals surface area (Å²) in [6.07, 6.45) is 3.37. The van der Waals surface area contributed by atoms with E-state index in [-0.39, 0.29) is 11.9 Å². The Labute approximate surface area is 103 Å². The fourth-order valence-corrected chi connectivity index (χ4v) is 2.02. The van der Waals surface area contributed by atoms with Crippen molar-refractivity contribution in [2.45, 2.75) is 18.9 Å². The molecule has 1 aliphatic rings. The third kappa shape index (κ3) is 2.59. The van der Waals surface area contributed by atoms with Gasteiger partial charge in [-0.3, -0.25) is 4.79 Å². The van der Waals surface area contributed by atoms with Crippen LogP contribution in [0.15, 0.2) is 22.9 Å². The zero-order valence-corrected chi connectivity index (χ0v) is 10.5. The van der Waals surface area contributed by atoms with Crippen molar-refractivity contribution in [3.8, 4) is 0 Å². The molecule has 0 saturated carbocycles. The maximum atomic E-state index is 12.0. The van der Waals surface area contributed by atoms with Gasteiger partial charge in [0.2, 0.25) is 0 Å². The first kappa shape index (κ1) is 11.5. The quantitative estimate of drug-likeness (QED) is 0.793. The number of nitrogens with zero attached hydrogens (tertiary/aromatic N) is 2. The van der Waals surface area contributed by atoms with Crippen molar-refractivity contribution >= 4 is 21.8 Å². The molecule has 5 heteroatoms. The first-order valence-electron chi connectivity index (χ1n) is 5.33. The van der Waals surface area contributed by atoms with E-state index >= 15 is 0 Å². The van der Waals surface area contributed by atoms with Crippen LogP contribution in [0.1, 0.15) is 23.2 Å². The summed E-state index contributed by atoms with van der Waals surface area (Å²) in [5.74, 6) is 0.0481. The Kier molecular flexibility index (Phi) is 3.56. The molecule has 0 atom stereocenters. The van der Waals surface area contributed by atoms with Crippen LogP contribution in [0, 0.1) is 0 Å². The van der Waals surface area contributed by atoms with E-state index < -0.39 is 0 Å². The molecule has 1 saturated heterocycles. The van der Waals surface area contributed by atoms with Gasteiger partial charge in [0.1, 0.15) is 4.60 Å². The minimum absolute atomic E-state index is 0.0481. The second-order valence-electron chi connectivity index (χ2n) is 4.00. The molecule has 0 spiro atoms. The normalized spacial score (nSPS) is 17.5. The zero-order valence-electron chi connectivity index (χ0n) is 8.90. The van der Waals surface area contributed by atoms with E-state index in [9.17, 15) is 4.79 Å². The van der Waals surface area contributed by atoms with Gasteiger partial charge >= 0.3 is 0 Å². The number of amides is 1. The van der Waals surface area contributed by atoms with Crippen LogP contribution in [0.4, 0.5) is 0 Å². The van der Waals surface area contributed by atoms with Crippen LogP contribution in [0.25, 0.3) is 0 Å². The molecule has 1 aromatic rings. The first-order valence-corrected chi connectivity index (χ1v) is 6.12. The smallest absolute Gasteiger partial charge is 0.255 e. The molecule has 2 N–H and O–H groups in total. The lowest BCUT2D eigenvalue weighted by Crippen LogP contribution is -2.42. The summed E-state index contributed by atoms with van der Waals surface area (Å²) in [5, 5.41) is 0. The van der Waals surface area contributed by atoms with Crippen LogP contribution < -0.4 is 5.73 Å². The Morgan fingerprint density at radius 3 is 2.69 bits per heavy atom. The SMILES string of the molecule is NC1CCN(C(=O)c2ccc(Br)nc2)CC1. The third-order valence-corrected chi connectivity index (χ3v) is 3.27. The van der Waals surface area contributed by atoms with Crippen LogP contribution in [-0.2, 0) is 0 Å². The molecule has 0 aromatic carbocycles. The van der Waals surface area contributed by atoms with Gasteiger partial charge in [0.15, 0.2) is 0 Å². The summed E-state index contributed by atoms with van der Waals surface area (Å²) < 4.78 is 0.740. The third-order valence-electron chi connectivity index (χ3n) is 2.80. The molecule has 16 heavy (non-hydrogen) atoms. The van der Waals surface area contributed by atoms with E-state index in [1.165, 1.54) is 0 Å². The molecular formula is C11H14BrN3O. The molecular weight excluding hydrogens is 270 g/mol. The Bertz CT molecular complexity index is 371. The first-order chi connectivity index (χ1) is 7.66. The standard InChI is InChI=1S/C11H14BrN3O/c12-10-2-1-8(7-14-10)11(16)15-5-3-9(13)4-6-15/h1-2,7,9H,3-6,13H2. The van der Waals surface area contributed by atoms with Crippen molar-refractivity contribution in [3.05, 3.63) is 28.5 Å². The summed E-state index contributed by atoms with van der Waals surface area (Å²) in [4.78, 5) is 17.9. The number of hydrogen-bond donors (Lipinski definition) is 1. The van der Waals surface area contributed by atoms with Gasteiger partial charge in [-0.2, -0.15) is 0 Å². The minimum atomic E-state index is 0.0481. The number of pyridine rings is 1. The molecule has 86 valence electrons. The van der Waals surface area contributed by atoms with Crippen LogP contribution in [0.5, 0.6) is 0 Å². The topological polar surface area (TPSA) is 59.2 Å². The average molecular weight is 284 g/mol. The summed E-state index contributed by atoms with van der Waals surface area (Å²) in [7, 11) is 0. The number of carbonyl (C=O) groups is 1. The van der Waals surface area contributed by atoms with E-state index in [0.29, 0.717) is 5.56 Å². The molecule has 1 aromatic heterocycles. The van der Waals surface area contributed by atoms with E-state index in [4.69, 9.17) is 5.73 Å². The second kappa shape index (κ2) is 4.93. The van der Waals surface area contributed by atoms with Crippen LogP contribution in [0.3, 0.4) is 0 Å². The van der Waals surface area contributed by atoms with Gasteiger partial charge in [0, 0.05) is 25.3 Å². The maximum absolute atomic E-state index is 12.0. The number of likely N-dealkylation sites (tertiary alicyclic amines) is 1.